The minimum absolute atomic E-state index is 0.182. The van der Waals surface area contributed by atoms with E-state index in [2.05, 4.69) is 25.7 Å². The normalized spacial score (nSPS) is 11.3. The van der Waals surface area contributed by atoms with Gasteiger partial charge in [-0.05, 0) is 19.1 Å². The van der Waals surface area contributed by atoms with Crippen molar-refractivity contribution < 1.29 is 0 Å². The Kier molecular flexibility index (Phi) is 1.57. The molecule has 13 heavy (non-hydrogen) atoms. The molecule has 2 heterocycles. The van der Waals surface area contributed by atoms with E-state index in [1.165, 1.54) is 0 Å². The van der Waals surface area contributed by atoms with E-state index in [1.807, 2.05) is 13.8 Å². The van der Waals surface area contributed by atoms with Gasteiger partial charge in [-0.25, -0.2) is 4.68 Å². The van der Waals surface area contributed by atoms with Gasteiger partial charge in [0.15, 0.2) is 11.3 Å². The average Bonchev–Trinajstić information content (AvgIpc) is 2.48. The Labute approximate surface area is 73.9 Å². The monoisotopic (exact) mass is 179 g/mol. The standard InChI is InChI=1S/C6H9N7/c1-3(2)13-6-4(8-12-13)5(7)9-11-10-6/h3H,1-2H3,(H2,7,9,10). The van der Waals surface area contributed by atoms with E-state index in [9.17, 15) is 0 Å². The second-order valence-electron chi connectivity index (χ2n) is 2.97. The van der Waals surface area contributed by atoms with Crippen LogP contribution in [0.15, 0.2) is 0 Å². The molecule has 2 aromatic heterocycles. The molecule has 0 unspecified atom stereocenters. The number of anilines is 1. The Morgan fingerprint density at radius 3 is 2.69 bits per heavy atom. The van der Waals surface area contributed by atoms with Crippen LogP contribution in [0, 0.1) is 0 Å². The van der Waals surface area contributed by atoms with E-state index in [1.54, 1.807) is 4.68 Å². The summed E-state index contributed by atoms with van der Waals surface area (Å²) >= 11 is 0. The smallest absolute Gasteiger partial charge is 0.206 e. The van der Waals surface area contributed by atoms with Crippen LogP contribution in [-0.2, 0) is 0 Å². The van der Waals surface area contributed by atoms with E-state index in [0.29, 0.717) is 11.2 Å². The SMILES string of the molecule is CC(C)n1nnc2c(N)nnnc21. The lowest BCUT2D eigenvalue weighted by atomic mass is 10.4. The van der Waals surface area contributed by atoms with Crippen molar-refractivity contribution in [1.82, 2.24) is 30.4 Å². The van der Waals surface area contributed by atoms with E-state index in [4.69, 9.17) is 5.73 Å². The highest BCUT2D eigenvalue weighted by atomic mass is 15.5. The zero-order chi connectivity index (χ0) is 9.42. The van der Waals surface area contributed by atoms with E-state index in [0.717, 1.165) is 0 Å². The number of hydrogen-bond acceptors (Lipinski definition) is 6. The topological polar surface area (TPSA) is 95.4 Å². The van der Waals surface area contributed by atoms with Crippen molar-refractivity contribution in [3.8, 4) is 0 Å². The van der Waals surface area contributed by atoms with Gasteiger partial charge in [-0.2, -0.15) is 0 Å². The summed E-state index contributed by atoms with van der Waals surface area (Å²) < 4.78 is 1.65. The molecule has 7 heteroatoms. The lowest BCUT2D eigenvalue weighted by Crippen LogP contribution is -2.05. The predicted octanol–water partition coefficient (Wildman–Crippen LogP) is -0.221. The molecular weight excluding hydrogens is 170 g/mol. The van der Waals surface area contributed by atoms with Crippen molar-refractivity contribution in [3.05, 3.63) is 0 Å². The number of rotatable bonds is 1. The maximum absolute atomic E-state index is 5.54. The van der Waals surface area contributed by atoms with E-state index >= 15 is 0 Å². The number of nitrogens with zero attached hydrogens (tertiary/aromatic N) is 6. The first-order valence-corrected chi connectivity index (χ1v) is 3.90. The molecule has 0 fully saturated rings. The molecule has 0 aliphatic rings. The lowest BCUT2D eigenvalue weighted by molar-refractivity contribution is 0.524. The summed E-state index contributed by atoms with van der Waals surface area (Å²) in [6.07, 6.45) is 0. The van der Waals surface area contributed by atoms with Crippen LogP contribution in [0.5, 0.6) is 0 Å². The number of nitrogens with two attached hydrogens (primary N) is 1. The first-order valence-electron chi connectivity index (χ1n) is 3.90. The van der Waals surface area contributed by atoms with Gasteiger partial charge in [0, 0.05) is 0 Å². The van der Waals surface area contributed by atoms with Gasteiger partial charge >= 0.3 is 0 Å². The Hall–Kier alpha value is -1.79. The van der Waals surface area contributed by atoms with Crippen molar-refractivity contribution in [2.75, 3.05) is 5.73 Å². The third-order valence-corrected chi connectivity index (χ3v) is 1.69. The zero-order valence-electron chi connectivity index (χ0n) is 7.34. The number of aromatic nitrogens is 6. The lowest BCUT2D eigenvalue weighted by Gasteiger charge is -2.02. The van der Waals surface area contributed by atoms with Gasteiger partial charge in [0.1, 0.15) is 0 Å². The number of hydrogen-bond donors (Lipinski definition) is 1. The zero-order valence-corrected chi connectivity index (χ0v) is 7.34. The Bertz CT molecular complexity index is 431. The van der Waals surface area contributed by atoms with Crippen molar-refractivity contribution in [2.45, 2.75) is 19.9 Å². The van der Waals surface area contributed by atoms with E-state index in [-0.39, 0.29) is 11.9 Å². The van der Waals surface area contributed by atoms with E-state index < -0.39 is 0 Å². The number of fused-ring (bicyclic) bond motifs is 1. The molecule has 0 radical (unpaired) electrons. The molecule has 7 nitrogen and oxygen atoms in total. The third kappa shape index (κ3) is 1.08. The fraction of sp³-hybridized carbons (Fsp3) is 0.500. The van der Waals surface area contributed by atoms with Crippen LogP contribution in [-0.4, -0.2) is 30.4 Å². The van der Waals surface area contributed by atoms with Gasteiger partial charge in [-0.1, -0.05) is 5.21 Å². The molecule has 0 saturated carbocycles. The molecule has 0 bridgehead atoms. The van der Waals surface area contributed by atoms with Crippen LogP contribution in [0.4, 0.5) is 5.82 Å². The summed E-state index contributed by atoms with van der Waals surface area (Å²) in [5.41, 5.74) is 6.62. The first-order chi connectivity index (χ1) is 6.20. The molecule has 0 amide bonds. The maximum Gasteiger partial charge on any atom is 0.206 e. The second kappa shape index (κ2) is 2.61. The quantitative estimate of drug-likeness (QED) is 0.650. The first kappa shape index (κ1) is 7.84. The van der Waals surface area contributed by atoms with Crippen molar-refractivity contribution >= 4 is 17.0 Å². The molecule has 0 aliphatic carbocycles. The Morgan fingerprint density at radius 1 is 1.23 bits per heavy atom. The van der Waals surface area contributed by atoms with Gasteiger partial charge in [0.25, 0.3) is 0 Å². The fourth-order valence-corrected chi connectivity index (χ4v) is 1.06. The summed E-state index contributed by atoms with van der Waals surface area (Å²) in [4.78, 5) is 0. The molecule has 0 aromatic carbocycles. The van der Waals surface area contributed by atoms with Crippen molar-refractivity contribution in [2.24, 2.45) is 0 Å². The maximum atomic E-state index is 5.54. The number of nitrogen functional groups attached to an aromatic ring is 1. The van der Waals surface area contributed by atoms with Gasteiger partial charge in [0.2, 0.25) is 5.65 Å². The molecular formula is C6H9N7. The Morgan fingerprint density at radius 2 is 2.00 bits per heavy atom. The van der Waals surface area contributed by atoms with Crippen molar-refractivity contribution in [1.29, 1.82) is 0 Å². The largest absolute Gasteiger partial charge is 0.380 e. The molecule has 2 rings (SSSR count). The van der Waals surface area contributed by atoms with Gasteiger partial charge in [-0.15, -0.1) is 15.3 Å². The highest BCUT2D eigenvalue weighted by Gasteiger charge is 2.11. The van der Waals surface area contributed by atoms with Crippen LogP contribution >= 0.6 is 0 Å². The van der Waals surface area contributed by atoms with Gasteiger partial charge in [0.05, 0.1) is 6.04 Å². The predicted molar refractivity (Wildman–Crippen MR) is 45.7 cm³/mol. The summed E-state index contributed by atoms with van der Waals surface area (Å²) in [6, 6.07) is 0.182. The van der Waals surface area contributed by atoms with Crippen LogP contribution in [0.1, 0.15) is 19.9 Å². The average molecular weight is 179 g/mol. The van der Waals surface area contributed by atoms with Crippen LogP contribution in [0.25, 0.3) is 11.2 Å². The summed E-state index contributed by atoms with van der Waals surface area (Å²) in [6.45, 7) is 3.96. The minimum atomic E-state index is 0.182. The third-order valence-electron chi connectivity index (χ3n) is 1.69. The summed E-state index contributed by atoms with van der Waals surface area (Å²) in [5.74, 6) is 0.261. The molecule has 2 aromatic rings. The van der Waals surface area contributed by atoms with Crippen LogP contribution in [0.3, 0.4) is 0 Å². The molecule has 0 aliphatic heterocycles. The van der Waals surface area contributed by atoms with Crippen molar-refractivity contribution in [3.63, 3.8) is 0 Å². The Balaban J connectivity index is 2.75. The molecule has 0 saturated heterocycles. The summed E-state index contributed by atoms with van der Waals surface area (Å²) in [5, 5.41) is 18.7. The molecule has 68 valence electrons. The summed E-state index contributed by atoms with van der Waals surface area (Å²) in [7, 11) is 0. The fourth-order valence-electron chi connectivity index (χ4n) is 1.06. The van der Waals surface area contributed by atoms with Gasteiger partial charge < -0.3 is 5.73 Å². The molecule has 0 spiro atoms. The second-order valence-corrected chi connectivity index (χ2v) is 2.97. The highest BCUT2D eigenvalue weighted by molar-refractivity contribution is 5.79. The highest BCUT2D eigenvalue weighted by Crippen LogP contribution is 2.14. The molecule has 0 atom stereocenters. The minimum Gasteiger partial charge on any atom is -0.380 e. The molecule has 2 N–H and O–H groups in total. The van der Waals surface area contributed by atoms with Crippen LogP contribution < -0.4 is 5.73 Å². The van der Waals surface area contributed by atoms with Gasteiger partial charge in [-0.3, -0.25) is 0 Å². The van der Waals surface area contributed by atoms with Crippen LogP contribution in [0.2, 0.25) is 0 Å².